The lowest BCUT2D eigenvalue weighted by Crippen LogP contribution is -2.51. The number of carbonyl (C=O) groups is 3. The zero-order chi connectivity index (χ0) is 15.5. The molecule has 21 heavy (non-hydrogen) atoms. The number of carboxylic acids is 1. The maximum Gasteiger partial charge on any atom is 0.315 e. The number of rotatable bonds is 6. The van der Waals surface area contributed by atoms with Gasteiger partial charge in [-0.2, -0.15) is 0 Å². The summed E-state index contributed by atoms with van der Waals surface area (Å²) < 4.78 is 0. The quantitative estimate of drug-likeness (QED) is 0.534. The Morgan fingerprint density at radius 3 is 2.43 bits per heavy atom. The minimum absolute atomic E-state index is 0.0476. The molecule has 2 aliphatic rings. The van der Waals surface area contributed by atoms with E-state index in [1.54, 1.807) is 6.92 Å². The zero-order valence-electron chi connectivity index (χ0n) is 12.3. The highest BCUT2D eigenvalue weighted by molar-refractivity contribution is 5.81. The Labute approximate surface area is 123 Å². The van der Waals surface area contributed by atoms with Gasteiger partial charge < -0.3 is 21.1 Å². The molecule has 0 bridgehead atoms. The maximum absolute atomic E-state index is 11.8. The van der Waals surface area contributed by atoms with Crippen molar-refractivity contribution in [3.05, 3.63) is 0 Å². The highest BCUT2D eigenvalue weighted by Gasteiger charge is 2.45. The fourth-order valence-electron chi connectivity index (χ4n) is 2.71. The Morgan fingerprint density at radius 2 is 1.81 bits per heavy atom. The molecule has 0 aromatic rings. The molecular weight excluding hydrogens is 274 g/mol. The number of amides is 3. The van der Waals surface area contributed by atoms with E-state index in [0.717, 1.165) is 19.3 Å². The number of carboxylic acid groups (broad SMARTS) is 1. The van der Waals surface area contributed by atoms with Crippen LogP contribution in [0, 0.1) is 11.3 Å². The summed E-state index contributed by atoms with van der Waals surface area (Å²) in [7, 11) is 0. The van der Waals surface area contributed by atoms with Crippen LogP contribution in [0.5, 0.6) is 0 Å². The van der Waals surface area contributed by atoms with Gasteiger partial charge in [-0.25, -0.2) is 4.79 Å². The molecule has 2 atom stereocenters. The summed E-state index contributed by atoms with van der Waals surface area (Å²) in [5.74, 6) is -0.665. The van der Waals surface area contributed by atoms with Crippen LogP contribution in [0.2, 0.25) is 0 Å². The molecule has 7 heteroatoms. The molecule has 0 spiro atoms. The molecular formula is C14H23N3O4. The van der Waals surface area contributed by atoms with Crippen LogP contribution in [-0.2, 0) is 9.59 Å². The molecule has 2 unspecified atom stereocenters. The first-order chi connectivity index (χ1) is 9.93. The van der Waals surface area contributed by atoms with Crippen molar-refractivity contribution in [3.63, 3.8) is 0 Å². The van der Waals surface area contributed by atoms with E-state index in [-0.39, 0.29) is 23.9 Å². The number of carbonyl (C=O) groups excluding carboxylic acids is 2. The number of hydrogen-bond acceptors (Lipinski definition) is 3. The molecule has 2 aliphatic carbocycles. The summed E-state index contributed by atoms with van der Waals surface area (Å²) in [6, 6.07) is -0.730. The predicted molar refractivity (Wildman–Crippen MR) is 75.6 cm³/mol. The average molecular weight is 297 g/mol. The summed E-state index contributed by atoms with van der Waals surface area (Å²) >= 11 is 0. The van der Waals surface area contributed by atoms with Gasteiger partial charge in [-0.15, -0.1) is 0 Å². The van der Waals surface area contributed by atoms with Crippen LogP contribution >= 0.6 is 0 Å². The minimum Gasteiger partial charge on any atom is -0.481 e. The van der Waals surface area contributed by atoms with Crippen molar-refractivity contribution in [2.75, 3.05) is 13.1 Å². The van der Waals surface area contributed by atoms with Gasteiger partial charge in [0.25, 0.3) is 0 Å². The van der Waals surface area contributed by atoms with E-state index in [1.807, 2.05) is 0 Å². The van der Waals surface area contributed by atoms with Crippen molar-refractivity contribution in [1.82, 2.24) is 16.0 Å². The highest BCUT2D eigenvalue weighted by atomic mass is 16.4. The summed E-state index contributed by atoms with van der Waals surface area (Å²) in [4.78, 5) is 34.5. The Kier molecular flexibility index (Phi) is 4.69. The van der Waals surface area contributed by atoms with Crippen molar-refractivity contribution >= 4 is 17.9 Å². The van der Waals surface area contributed by atoms with E-state index in [0.29, 0.717) is 25.9 Å². The van der Waals surface area contributed by atoms with E-state index in [2.05, 4.69) is 16.0 Å². The summed E-state index contributed by atoms with van der Waals surface area (Å²) in [5, 5.41) is 17.4. The van der Waals surface area contributed by atoms with Gasteiger partial charge in [-0.1, -0.05) is 6.42 Å². The van der Waals surface area contributed by atoms with Crippen molar-refractivity contribution in [1.29, 1.82) is 0 Å². The van der Waals surface area contributed by atoms with E-state index < -0.39 is 11.4 Å². The van der Waals surface area contributed by atoms with Crippen LogP contribution in [0.25, 0.3) is 0 Å². The lowest BCUT2D eigenvalue weighted by molar-refractivity contribution is -0.148. The average Bonchev–Trinajstić information content (AvgIpc) is 3.21. The van der Waals surface area contributed by atoms with Crippen molar-refractivity contribution in [3.8, 4) is 0 Å². The van der Waals surface area contributed by atoms with Crippen LogP contribution in [0.4, 0.5) is 4.79 Å². The van der Waals surface area contributed by atoms with Crippen LogP contribution < -0.4 is 16.0 Å². The Bertz CT molecular complexity index is 436. The molecule has 4 N–H and O–H groups in total. The van der Waals surface area contributed by atoms with E-state index in [9.17, 15) is 19.5 Å². The van der Waals surface area contributed by atoms with E-state index >= 15 is 0 Å². The molecule has 2 rings (SSSR count). The number of aliphatic carboxylic acids is 1. The normalized spacial score (nSPS) is 28.0. The summed E-state index contributed by atoms with van der Waals surface area (Å²) in [6.45, 7) is 2.40. The molecule has 2 fully saturated rings. The standard InChI is InChI=1S/C14H23N3O4/c1-14(12(19)20)6-2-3-10(14)17-13(21)16-8-7-15-11(18)9-4-5-9/h9-10H,2-8H2,1H3,(H,15,18)(H,19,20)(H2,16,17,21). The molecule has 3 amide bonds. The lowest BCUT2D eigenvalue weighted by atomic mass is 9.85. The molecule has 118 valence electrons. The first-order valence-electron chi connectivity index (χ1n) is 7.49. The molecule has 0 aromatic heterocycles. The maximum atomic E-state index is 11.8. The second-order valence-corrected chi connectivity index (χ2v) is 6.13. The first-order valence-corrected chi connectivity index (χ1v) is 7.49. The van der Waals surface area contributed by atoms with Gasteiger partial charge in [-0.05, 0) is 32.6 Å². The monoisotopic (exact) mass is 297 g/mol. The smallest absolute Gasteiger partial charge is 0.315 e. The predicted octanol–water partition coefficient (Wildman–Crippen LogP) is 0.455. The zero-order valence-corrected chi connectivity index (χ0v) is 12.3. The third-order valence-electron chi connectivity index (χ3n) is 4.41. The van der Waals surface area contributed by atoms with Crippen LogP contribution in [0.1, 0.15) is 39.0 Å². The summed E-state index contributed by atoms with van der Waals surface area (Å²) in [5.41, 5.74) is -0.891. The Morgan fingerprint density at radius 1 is 1.14 bits per heavy atom. The number of urea groups is 1. The van der Waals surface area contributed by atoms with Crippen molar-refractivity contribution in [2.24, 2.45) is 11.3 Å². The fraction of sp³-hybridized carbons (Fsp3) is 0.786. The largest absolute Gasteiger partial charge is 0.481 e. The van der Waals surface area contributed by atoms with E-state index in [4.69, 9.17) is 0 Å². The van der Waals surface area contributed by atoms with Gasteiger partial charge in [0.05, 0.1) is 5.41 Å². The minimum atomic E-state index is -0.891. The molecule has 2 saturated carbocycles. The molecule has 0 aliphatic heterocycles. The molecule has 0 radical (unpaired) electrons. The number of hydrogen-bond donors (Lipinski definition) is 4. The second-order valence-electron chi connectivity index (χ2n) is 6.13. The fourth-order valence-corrected chi connectivity index (χ4v) is 2.71. The van der Waals surface area contributed by atoms with Crippen molar-refractivity contribution < 1.29 is 19.5 Å². The Balaban J connectivity index is 1.66. The van der Waals surface area contributed by atoms with Crippen molar-refractivity contribution in [2.45, 2.75) is 45.1 Å². The molecule has 0 heterocycles. The topological polar surface area (TPSA) is 108 Å². The van der Waals surface area contributed by atoms with Crippen LogP contribution in [0.3, 0.4) is 0 Å². The third-order valence-corrected chi connectivity index (χ3v) is 4.41. The lowest BCUT2D eigenvalue weighted by Gasteiger charge is -2.27. The SMILES string of the molecule is CC1(C(=O)O)CCCC1NC(=O)NCCNC(=O)C1CC1. The first kappa shape index (κ1) is 15.6. The summed E-state index contributed by atoms with van der Waals surface area (Å²) in [6.07, 6.45) is 3.95. The van der Waals surface area contributed by atoms with Gasteiger partial charge in [-0.3, -0.25) is 9.59 Å². The van der Waals surface area contributed by atoms with Gasteiger partial charge >= 0.3 is 12.0 Å². The van der Waals surface area contributed by atoms with Gasteiger partial charge in [0.1, 0.15) is 0 Å². The highest BCUT2D eigenvalue weighted by Crippen LogP contribution is 2.38. The third kappa shape index (κ3) is 3.86. The van der Waals surface area contributed by atoms with Gasteiger partial charge in [0.15, 0.2) is 0 Å². The Hall–Kier alpha value is -1.79. The molecule has 7 nitrogen and oxygen atoms in total. The molecule has 0 saturated heterocycles. The van der Waals surface area contributed by atoms with Gasteiger partial charge in [0.2, 0.25) is 5.91 Å². The second kappa shape index (κ2) is 6.32. The van der Waals surface area contributed by atoms with Crippen LogP contribution in [0.15, 0.2) is 0 Å². The number of nitrogens with one attached hydrogen (secondary N) is 3. The van der Waals surface area contributed by atoms with Gasteiger partial charge in [0, 0.05) is 25.0 Å². The molecule has 0 aromatic carbocycles. The van der Waals surface area contributed by atoms with E-state index in [1.165, 1.54) is 0 Å². The van der Waals surface area contributed by atoms with Crippen LogP contribution in [-0.4, -0.2) is 42.1 Å².